The van der Waals surface area contributed by atoms with Crippen LogP contribution in [0.5, 0.6) is 5.75 Å². The van der Waals surface area contributed by atoms with E-state index >= 15 is 4.79 Å². The third-order valence-electron chi connectivity index (χ3n) is 12.9. The Morgan fingerprint density at radius 2 is 1.75 bits per heavy atom. The van der Waals surface area contributed by atoms with Gasteiger partial charge in [-0.3, -0.25) is 9.59 Å². The number of likely N-dealkylation sites (N-methyl/N-ethyl adjacent to an activating group) is 1. The molecule has 2 saturated carbocycles. The lowest BCUT2D eigenvalue weighted by Gasteiger charge is -2.33. The van der Waals surface area contributed by atoms with Crippen molar-refractivity contribution in [3.8, 4) is 17.0 Å². The largest absolute Gasteiger partial charge is 0.497 e. The van der Waals surface area contributed by atoms with Gasteiger partial charge in [0.25, 0.3) is 5.91 Å². The third-order valence-corrected chi connectivity index (χ3v) is 14.3. The second kappa shape index (κ2) is 13.9. The Kier molecular flexibility index (Phi) is 9.80. The summed E-state index contributed by atoms with van der Waals surface area (Å²) in [7, 11) is 2.71. The first-order chi connectivity index (χ1) is 24.9. The minimum atomic E-state index is -3.97. The maximum atomic E-state index is 15.1. The van der Waals surface area contributed by atoms with Crippen LogP contribution in [0.4, 0.5) is 0 Å². The molecular formula is C40H53N5O6S. The van der Waals surface area contributed by atoms with Crippen LogP contribution in [-0.2, 0) is 26.3 Å². The molecule has 2 aliphatic carbocycles. The average molecular weight is 732 g/mol. The van der Waals surface area contributed by atoms with Crippen LogP contribution in [0.15, 0.2) is 36.4 Å². The van der Waals surface area contributed by atoms with Gasteiger partial charge in [0.15, 0.2) is 0 Å². The molecule has 2 saturated heterocycles. The number of rotatable bonds is 6. The Morgan fingerprint density at radius 1 is 1.02 bits per heavy atom. The van der Waals surface area contributed by atoms with Gasteiger partial charge in [-0.2, -0.15) is 12.7 Å². The highest BCUT2D eigenvalue weighted by Gasteiger charge is 2.70. The first-order valence-corrected chi connectivity index (χ1v) is 20.3. The van der Waals surface area contributed by atoms with E-state index in [0.29, 0.717) is 24.4 Å². The first kappa shape index (κ1) is 36.6. The molecule has 280 valence electrons. The van der Waals surface area contributed by atoms with E-state index in [1.807, 2.05) is 18.2 Å². The number of methoxy groups -OCH3 is 1. The van der Waals surface area contributed by atoms with E-state index < -0.39 is 21.5 Å². The highest BCUT2D eigenvalue weighted by atomic mass is 32.2. The summed E-state index contributed by atoms with van der Waals surface area (Å²) in [6.07, 6.45) is 8.84. The Balaban J connectivity index is 0.00000136. The number of carbonyl (C=O) groups is 3. The van der Waals surface area contributed by atoms with Crippen molar-refractivity contribution in [2.24, 2.45) is 17.3 Å². The molecule has 0 spiro atoms. The molecule has 1 aromatic heterocycles. The number of aldehydes is 1. The number of piperidine rings is 1. The topological polar surface area (TPSA) is 121 Å². The number of hydrogen-bond donors (Lipinski definition) is 1. The van der Waals surface area contributed by atoms with Crippen LogP contribution < -0.4 is 9.46 Å². The Labute approximate surface area is 307 Å². The van der Waals surface area contributed by atoms with Gasteiger partial charge in [0.2, 0.25) is 5.91 Å². The lowest BCUT2D eigenvalue weighted by atomic mass is 9.81. The molecule has 0 bridgehead atoms. The van der Waals surface area contributed by atoms with Gasteiger partial charge in [0.05, 0.1) is 18.2 Å². The molecular weight excluding hydrogens is 679 g/mol. The number of hydrogen-bond acceptors (Lipinski definition) is 7. The van der Waals surface area contributed by atoms with Crippen molar-refractivity contribution in [3.63, 3.8) is 0 Å². The quantitative estimate of drug-likeness (QED) is 0.338. The summed E-state index contributed by atoms with van der Waals surface area (Å²) < 4.78 is 36.6. The van der Waals surface area contributed by atoms with Gasteiger partial charge >= 0.3 is 10.2 Å². The minimum Gasteiger partial charge on any atom is -0.497 e. The number of ether oxygens (including phenoxy) is 1. The molecule has 3 aliphatic heterocycles. The molecule has 5 aliphatic rings. The van der Waals surface area contributed by atoms with Crippen molar-refractivity contribution in [3.05, 3.63) is 53.1 Å². The van der Waals surface area contributed by atoms with Gasteiger partial charge in [0.1, 0.15) is 12.0 Å². The number of nitrogens with zero attached hydrogens (tertiary/aromatic N) is 4. The van der Waals surface area contributed by atoms with E-state index in [9.17, 15) is 13.2 Å². The van der Waals surface area contributed by atoms with Crippen LogP contribution >= 0.6 is 0 Å². The number of nitrogens with one attached hydrogen (secondary N) is 1. The Bertz CT molecular complexity index is 2000. The van der Waals surface area contributed by atoms with Crippen molar-refractivity contribution in [2.45, 2.75) is 83.2 Å². The first-order valence-electron chi connectivity index (χ1n) is 18.9. The van der Waals surface area contributed by atoms with Crippen LogP contribution in [-0.4, -0.2) is 99.1 Å². The monoisotopic (exact) mass is 731 g/mol. The standard InChI is InChI=1S/C38H49N5O5S.C2H4O/c1-23-34-30-19-27(48-5)14-16-28(30)35-33(24-10-7-6-8-11-24)29-15-13-25(36(44)39-49(46,47)40(2)3)18-31(29)43(35)22-38(23,34)37(45)42-20-26-12-9-17-41(4)32(26)21-42;1-2-3/h13-16,18-19,23-24,26,32,34H,6-12,17,20-22H2,1-5H3,(H,39,44);2H,1H3/t23?,26?,32?,34?,38-;/m1./s1. The number of aromatic nitrogens is 1. The summed E-state index contributed by atoms with van der Waals surface area (Å²) in [6, 6.07) is 12.4. The van der Waals surface area contributed by atoms with Gasteiger partial charge in [-0.1, -0.05) is 32.3 Å². The molecule has 2 aromatic carbocycles. The molecule has 2 amide bonds. The van der Waals surface area contributed by atoms with E-state index in [-0.39, 0.29) is 23.3 Å². The maximum absolute atomic E-state index is 15.1. The zero-order valence-electron chi connectivity index (χ0n) is 31.4. The summed E-state index contributed by atoms with van der Waals surface area (Å²) in [4.78, 5) is 42.0. The molecule has 4 unspecified atom stereocenters. The van der Waals surface area contributed by atoms with Gasteiger partial charge < -0.3 is 23.9 Å². The number of likely N-dealkylation sites (tertiary alicyclic amines) is 2. The van der Waals surface area contributed by atoms with Crippen molar-refractivity contribution < 1.29 is 27.5 Å². The molecule has 12 heteroatoms. The predicted octanol–water partition coefficient (Wildman–Crippen LogP) is 5.39. The van der Waals surface area contributed by atoms with Crippen molar-refractivity contribution in [1.29, 1.82) is 0 Å². The van der Waals surface area contributed by atoms with E-state index in [1.54, 1.807) is 13.2 Å². The second-order valence-corrected chi connectivity index (χ2v) is 17.7. The molecule has 0 radical (unpaired) electrons. The highest BCUT2D eigenvalue weighted by molar-refractivity contribution is 7.87. The number of amides is 2. The zero-order valence-corrected chi connectivity index (χ0v) is 32.2. The smallest absolute Gasteiger partial charge is 0.303 e. The summed E-state index contributed by atoms with van der Waals surface area (Å²) >= 11 is 0. The summed E-state index contributed by atoms with van der Waals surface area (Å²) in [5.41, 5.74) is 5.26. The molecule has 1 N–H and O–H groups in total. The number of carbonyl (C=O) groups excluding carboxylic acids is 3. The summed E-state index contributed by atoms with van der Waals surface area (Å²) in [5, 5.41) is 1.08. The fourth-order valence-electron chi connectivity index (χ4n) is 10.1. The van der Waals surface area contributed by atoms with Crippen molar-refractivity contribution in [2.75, 3.05) is 47.9 Å². The number of benzene rings is 2. The normalized spacial score (nSPS) is 27.0. The molecule has 52 heavy (non-hydrogen) atoms. The maximum Gasteiger partial charge on any atom is 0.303 e. The van der Waals surface area contributed by atoms with Crippen molar-refractivity contribution >= 4 is 39.2 Å². The third kappa shape index (κ3) is 5.94. The van der Waals surface area contributed by atoms with E-state index in [1.165, 1.54) is 57.8 Å². The molecule has 4 heterocycles. The fourth-order valence-corrected chi connectivity index (χ4v) is 10.7. The molecule has 8 rings (SSSR count). The van der Waals surface area contributed by atoms with E-state index in [4.69, 9.17) is 9.53 Å². The minimum absolute atomic E-state index is 0.0383. The number of fused-ring (bicyclic) bond motifs is 8. The molecule has 4 fully saturated rings. The Morgan fingerprint density at radius 3 is 2.42 bits per heavy atom. The van der Waals surface area contributed by atoms with Crippen LogP contribution in [0.3, 0.4) is 0 Å². The van der Waals surface area contributed by atoms with Gasteiger partial charge in [0, 0.05) is 67.7 Å². The summed E-state index contributed by atoms with van der Waals surface area (Å²) in [5.74, 6) is 1.37. The summed E-state index contributed by atoms with van der Waals surface area (Å²) in [6.45, 7) is 6.83. The lowest BCUT2D eigenvalue weighted by molar-refractivity contribution is -0.137. The molecule has 11 nitrogen and oxygen atoms in total. The van der Waals surface area contributed by atoms with Crippen LogP contribution in [0.25, 0.3) is 22.2 Å². The SMILES string of the molecule is CC=O.COc1ccc2c(c1)C1C(C)[C@]1(C(=O)N1CC3CCCN(C)C3C1)Cn1c-2c(C2CCCCC2)c2ccc(C(=O)NS(=O)(=O)N(C)C)cc21. The second-order valence-electron chi connectivity index (χ2n) is 15.8. The zero-order chi connectivity index (χ0) is 37.1. The van der Waals surface area contributed by atoms with Crippen LogP contribution in [0.2, 0.25) is 0 Å². The van der Waals surface area contributed by atoms with E-state index in [0.717, 1.165) is 77.4 Å². The molecule has 5 atom stereocenters. The van der Waals surface area contributed by atoms with Gasteiger partial charge in [-0.05, 0) is 105 Å². The van der Waals surface area contributed by atoms with E-state index in [2.05, 4.69) is 45.2 Å². The predicted molar refractivity (Wildman–Crippen MR) is 202 cm³/mol. The fraction of sp³-hybridized carbons (Fsp3) is 0.575. The Hall–Kier alpha value is -3.74. The average Bonchev–Trinajstić information content (AvgIpc) is 3.37. The molecule has 3 aromatic rings. The van der Waals surface area contributed by atoms with Gasteiger partial charge in [-0.15, -0.1) is 0 Å². The van der Waals surface area contributed by atoms with Crippen LogP contribution in [0, 0.1) is 17.3 Å². The van der Waals surface area contributed by atoms with Crippen LogP contribution in [0.1, 0.15) is 92.1 Å². The van der Waals surface area contributed by atoms with Gasteiger partial charge in [-0.25, -0.2) is 4.72 Å². The van der Waals surface area contributed by atoms with Crippen molar-refractivity contribution in [1.82, 2.24) is 23.4 Å². The highest BCUT2D eigenvalue weighted by Crippen LogP contribution is 2.70. The lowest BCUT2D eigenvalue weighted by Crippen LogP contribution is -2.43.